The van der Waals surface area contributed by atoms with Gasteiger partial charge in [0.15, 0.2) is 5.82 Å². The fraction of sp³-hybridized carbons (Fsp3) is 0.154. The van der Waals surface area contributed by atoms with Crippen molar-refractivity contribution in [2.45, 2.75) is 0 Å². The standard InChI is InChI=1S/C26H21N5O3/c32-26(33)19-15-17(30-11-13-34-14-12-30)16-23-24(19)29-25(21-7-3-4-9-27-21)31(23)22-8-10-28-20-6-2-1-5-18(20)22/h1-10,15-16H,11-14H2,(H,32,33). The minimum atomic E-state index is -1.02. The molecule has 1 fully saturated rings. The molecule has 2 aromatic carbocycles. The highest BCUT2D eigenvalue weighted by atomic mass is 16.5. The Morgan fingerprint density at radius 3 is 2.56 bits per heavy atom. The van der Waals surface area contributed by atoms with Gasteiger partial charge in [-0.15, -0.1) is 0 Å². The van der Waals surface area contributed by atoms with E-state index >= 15 is 0 Å². The number of hydrogen-bond donors (Lipinski definition) is 1. The van der Waals surface area contributed by atoms with Crippen molar-refractivity contribution in [3.8, 4) is 17.2 Å². The van der Waals surface area contributed by atoms with E-state index in [1.165, 1.54) is 0 Å². The van der Waals surface area contributed by atoms with Gasteiger partial charge in [-0.25, -0.2) is 9.78 Å². The summed E-state index contributed by atoms with van der Waals surface area (Å²) >= 11 is 0. The first-order valence-corrected chi connectivity index (χ1v) is 11.1. The summed E-state index contributed by atoms with van der Waals surface area (Å²) in [5.74, 6) is -0.439. The highest BCUT2D eigenvalue weighted by molar-refractivity contribution is 6.05. The van der Waals surface area contributed by atoms with Gasteiger partial charge in [-0.3, -0.25) is 14.5 Å². The van der Waals surface area contributed by atoms with E-state index in [4.69, 9.17) is 9.72 Å². The van der Waals surface area contributed by atoms with Crippen LogP contribution in [0.4, 0.5) is 5.69 Å². The molecule has 34 heavy (non-hydrogen) atoms. The number of morpholine rings is 1. The van der Waals surface area contributed by atoms with E-state index in [2.05, 4.69) is 14.9 Å². The van der Waals surface area contributed by atoms with Crippen molar-refractivity contribution < 1.29 is 14.6 Å². The van der Waals surface area contributed by atoms with E-state index in [1.807, 2.05) is 59.2 Å². The molecule has 1 aliphatic heterocycles. The molecule has 3 aromatic heterocycles. The number of imidazole rings is 1. The third-order valence-corrected chi connectivity index (χ3v) is 6.11. The maximum absolute atomic E-state index is 12.3. The minimum Gasteiger partial charge on any atom is -0.478 e. The first-order chi connectivity index (χ1) is 16.7. The summed E-state index contributed by atoms with van der Waals surface area (Å²) in [6.07, 6.45) is 3.47. The molecule has 0 amide bonds. The summed E-state index contributed by atoms with van der Waals surface area (Å²) in [5.41, 5.74) is 4.49. The van der Waals surface area contributed by atoms with Gasteiger partial charge in [0, 0.05) is 36.6 Å². The lowest BCUT2D eigenvalue weighted by molar-refractivity contribution is 0.0699. The first kappa shape index (κ1) is 20.3. The molecular weight excluding hydrogens is 430 g/mol. The molecule has 1 saturated heterocycles. The molecule has 8 heteroatoms. The molecule has 0 radical (unpaired) electrons. The second-order valence-corrected chi connectivity index (χ2v) is 8.10. The van der Waals surface area contributed by atoms with E-state index in [9.17, 15) is 9.90 Å². The lowest BCUT2D eigenvalue weighted by atomic mass is 10.1. The van der Waals surface area contributed by atoms with Crippen LogP contribution in [0.25, 0.3) is 39.1 Å². The van der Waals surface area contributed by atoms with Crippen LogP contribution in [-0.2, 0) is 4.74 Å². The summed E-state index contributed by atoms with van der Waals surface area (Å²) in [7, 11) is 0. The van der Waals surface area contributed by atoms with E-state index in [1.54, 1.807) is 18.5 Å². The average Bonchev–Trinajstić information content (AvgIpc) is 3.28. The zero-order valence-electron chi connectivity index (χ0n) is 18.3. The Hall–Kier alpha value is -4.30. The number of aromatic nitrogens is 4. The molecule has 1 aliphatic rings. The van der Waals surface area contributed by atoms with Gasteiger partial charge >= 0.3 is 5.97 Å². The fourth-order valence-electron chi connectivity index (χ4n) is 4.52. The third-order valence-electron chi connectivity index (χ3n) is 6.11. The van der Waals surface area contributed by atoms with Crippen molar-refractivity contribution in [3.63, 3.8) is 0 Å². The van der Waals surface area contributed by atoms with Crippen molar-refractivity contribution in [3.05, 3.63) is 78.6 Å². The Bertz CT molecular complexity index is 1520. The predicted octanol–water partition coefficient (Wildman–Crippen LogP) is 4.17. The second-order valence-electron chi connectivity index (χ2n) is 8.10. The topological polar surface area (TPSA) is 93.4 Å². The molecule has 0 unspecified atom stereocenters. The van der Waals surface area contributed by atoms with Crippen LogP contribution < -0.4 is 4.90 Å². The zero-order chi connectivity index (χ0) is 23.1. The van der Waals surface area contributed by atoms with Gasteiger partial charge in [-0.2, -0.15) is 0 Å². The highest BCUT2D eigenvalue weighted by Gasteiger charge is 2.24. The summed E-state index contributed by atoms with van der Waals surface area (Å²) in [4.78, 5) is 28.3. The number of carbonyl (C=O) groups is 1. The SMILES string of the molecule is O=C(O)c1cc(N2CCOCC2)cc2c1nc(-c1ccccn1)n2-c1ccnc2ccccc12. The Balaban J connectivity index is 1.72. The Morgan fingerprint density at radius 1 is 0.941 bits per heavy atom. The van der Waals surface area contributed by atoms with Crippen molar-refractivity contribution in [2.24, 2.45) is 0 Å². The van der Waals surface area contributed by atoms with Crippen LogP contribution in [-0.4, -0.2) is 56.9 Å². The van der Waals surface area contributed by atoms with Crippen LogP contribution in [0.3, 0.4) is 0 Å². The van der Waals surface area contributed by atoms with Crippen LogP contribution in [0, 0.1) is 0 Å². The number of hydrogen-bond acceptors (Lipinski definition) is 6. The Morgan fingerprint density at radius 2 is 1.76 bits per heavy atom. The molecule has 6 rings (SSSR count). The molecule has 0 saturated carbocycles. The molecule has 0 spiro atoms. The van der Waals surface area contributed by atoms with Gasteiger partial charge in [-0.1, -0.05) is 24.3 Å². The molecule has 168 valence electrons. The molecule has 0 atom stereocenters. The number of rotatable bonds is 4. The fourth-order valence-corrected chi connectivity index (χ4v) is 4.52. The van der Waals surface area contributed by atoms with Crippen molar-refractivity contribution in [1.29, 1.82) is 0 Å². The largest absolute Gasteiger partial charge is 0.478 e. The smallest absolute Gasteiger partial charge is 0.338 e. The van der Waals surface area contributed by atoms with Crippen molar-refractivity contribution in [2.75, 3.05) is 31.2 Å². The summed E-state index contributed by atoms with van der Waals surface area (Å²) in [6.45, 7) is 2.61. The predicted molar refractivity (Wildman–Crippen MR) is 130 cm³/mol. The van der Waals surface area contributed by atoms with Crippen molar-refractivity contribution >= 4 is 33.6 Å². The van der Waals surface area contributed by atoms with E-state index in [0.29, 0.717) is 48.9 Å². The molecule has 1 N–H and O–H groups in total. The van der Waals surface area contributed by atoms with Gasteiger partial charge in [0.1, 0.15) is 11.2 Å². The molecule has 5 aromatic rings. The van der Waals surface area contributed by atoms with Crippen LogP contribution in [0.2, 0.25) is 0 Å². The van der Waals surface area contributed by atoms with E-state index < -0.39 is 5.97 Å². The van der Waals surface area contributed by atoms with Gasteiger partial charge in [0.2, 0.25) is 0 Å². The number of para-hydroxylation sites is 1. The molecule has 0 bridgehead atoms. The number of aromatic carboxylic acids is 1. The molecule has 4 heterocycles. The minimum absolute atomic E-state index is 0.160. The lowest BCUT2D eigenvalue weighted by Crippen LogP contribution is -2.36. The number of benzene rings is 2. The van der Waals surface area contributed by atoms with E-state index in [-0.39, 0.29) is 5.56 Å². The number of anilines is 1. The summed E-state index contributed by atoms with van der Waals surface area (Å²) < 4.78 is 7.50. The monoisotopic (exact) mass is 451 g/mol. The van der Waals surface area contributed by atoms with Crippen LogP contribution in [0.5, 0.6) is 0 Å². The van der Waals surface area contributed by atoms with Gasteiger partial charge in [0.05, 0.1) is 35.5 Å². The Labute approximate surface area is 195 Å². The number of pyridine rings is 2. The molecular formula is C26H21N5O3. The van der Waals surface area contributed by atoms with Gasteiger partial charge in [-0.05, 0) is 36.4 Å². The van der Waals surface area contributed by atoms with Gasteiger partial charge in [0.25, 0.3) is 0 Å². The number of nitrogens with zero attached hydrogens (tertiary/aromatic N) is 5. The zero-order valence-corrected chi connectivity index (χ0v) is 18.3. The number of carboxylic acids is 1. The highest BCUT2D eigenvalue weighted by Crippen LogP contribution is 2.35. The van der Waals surface area contributed by atoms with Crippen LogP contribution in [0.1, 0.15) is 10.4 Å². The number of ether oxygens (including phenoxy) is 1. The molecule has 8 nitrogen and oxygen atoms in total. The average molecular weight is 451 g/mol. The van der Waals surface area contributed by atoms with E-state index in [0.717, 1.165) is 22.3 Å². The second kappa shape index (κ2) is 8.24. The normalized spacial score (nSPS) is 14.1. The Kier molecular flexibility index (Phi) is 4.92. The van der Waals surface area contributed by atoms with Gasteiger partial charge < -0.3 is 14.7 Å². The number of fused-ring (bicyclic) bond motifs is 2. The maximum atomic E-state index is 12.3. The summed E-state index contributed by atoms with van der Waals surface area (Å²) in [6, 6.07) is 19.2. The maximum Gasteiger partial charge on any atom is 0.338 e. The quantitative estimate of drug-likeness (QED) is 0.438. The third kappa shape index (κ3) is 3.36. The first-order valence-electron chi connectivity index (χ1n) is 11.1. The van der Waals surface area contributed by atoms with Crippen LogP contribution in [0.15, 0.2) is 73.1 Å². The lowest BCUT2D eigenvalue weighted by Gasteiger charge is -2.29. The van der Waals surface area contributed by atoms with Crippen molar-refractivity contribution in [1.82, 2.24) is 19.5 Å². The number of carboxylic acid groups (broad SMARTS) is 1. The van der Waals surface area contributed by atoms with Crippen LogP contribution >= 0.6 is 0 Å². The summed E-state index contributed by atoms with van der Waals surface area (Å²) in [5, 5.41) is 11.0. The molecule has 0 aliphatic carbocycles.